The Morgan fingerprint density at radius 1 is 1.06 bits per heavy atom. The topological polar surface area (TPSA) is 174 Å². The van der Waals surface area contributed by atoms with E-state index in [1.165, 1.54) is 43.5 Å². The summed E-state index contributed by atoms with van der Waals surface area (Å²) in [5.74, 6) is -2.64. The monoisotopic (exact) mass is 431 g/mol. The number of benzene rings is 2. The van der Waals surface area contributed by atoms with Crippen LogP contribution in [-0.2, 0) is 0 Å². The molecule has 8 N–H and O–H groups in total. The number of primary amides is 1. The SMILES string of the molecule is COc1ccc(C2[C@]3(O)C(O)C(c4ccc(C(N)=O)cc4)[C@]3(O)[C@]2(O)[C@H](O)CO)cc1. The molecule has 0 aromatic heterocycles. The number of aliphatic hydroxyl groups is 6. The number of nitrogens with two attached hydrogens (primary N) is 1. The summed E-state index contributed by atoms with van der Waals surface area (Å²) < 4.78 is 5.10. The van der Waals surface area contributed by atoms with Crippen molar-refractivity contribution in [3.05, 3.63) is 65.2 Å². The van der Waals surface area contributed by atoms with Gasteiger partial charge in [-0.15, -0.1) is 0 Å². The van der Waals surface area contributed by atoms with Gasteiger partial charge in [0.05, 0.1) is 25.7 Å². The van der Waals surface area contributed by atoms with Gasteiger partial charge in [0.1, 0.15) is 28.7 Å². The fourth-order valence-electron chi connectivity index (χ4n) is 5.47. The van der Waals surface area contributed by atoms with Gasteiger partial charge in [-0.2, -0.15) is 0 Å². The van der Waals surface area contributed by atoms with Crippen LogP contribution in [0.2, 0.25) is 0 Å². The highest BCUT2D eigenvalue weighted by molar-refractivity contribution is 5.92. The fourth-order valence-corrected chi connectivity index (χ4v) is 5.47. The third-order valence-electron chi connectivity index (χ3n) is 7.00. The van der Waals surface area contributed by atoms with Gasteiger partial charge in [0, 0.05) is 11.5 Å². The van der Waals surface area contributed by atoms with E-state index < -0.39 is 53.4 Å². The van der Waals surface area contributed by atoms with Crippen molar-refractivity contribution in [2.75, 3.05) is 13.7 Å². The van der Waals surface area contributed by atoms with Crippen molar-refractivity contribution in [1.82, 2.24) is 0 Å². The van der Waals surface area contributed by atoms with E-state index in [0.29, 0.717) is 16.9 Å². The van der Waals surface area contributed by atoms with E-state index in [1.54, 1.807) is 12.1 Å². The molecule has 2 aliphatic carbocycles. The average Bonchev–Trinajstić information content (AvgIpc) is 2.78. The molecule has 0 spiro atoms. The van der Waals surface area contributed by atoms with E-state index in [4.69, 9.17) is 10.5 Å². The number of ether oxygens (including phenoxy) is 1. The maximum absolute atomic E-state index is 11.5. The highest BCUT2D eigenvalue weighted by Crippen LogP contribution is 2.75. The number of amides is 1. The number of rotatable bonds is 6. The quantitative estimate of drug-likeness (QED) is 0.292. The smallest absolute Gasteiger partial charge is 0.248 e. The Bertz CT molecular complexity index is 996. The number of carbonyl (C=O) groups excluding carboxylic acids is 1. The molecule has 1 amide bonds. The molecule has 31 heavy (non-hydrogen) atoms. The maximum atomic E-state index is 11.5. The minimum absolute atomic E-state index is 0.204. The first-order valence-corrected chi connectivity index (χ1v) is 9.76. The van der Waals surface area contributed by atoms with Gasteiger partial charge in [-0.25, -0.2) is 0 Å². The lowest BCUT2D eigenvalue weighted by molar-refractivity contribution is -0.459. The molecular formula is C22H25NO8. The molecule has 0 radical (unpaired) electrons. The van der Waals surface area contributed by atoms with Crippen molar-refractivity contribution >= 4 is 5.91 Å². The lowest BCUT2D eigenvalue weighted by Crippen LogP contribution is -2.99. The van der Waals surface area contributed by atoms with E-state index in [2.05, 4.69) is 0 Å². The summed E-state index contributed by atoms with van der Waals surface area (Å²) in [5.41, 5.74) is -0.847. The molecular weight excluding hydrogens is 406 g/mol. The number of carbonyl (C=O) groups is 1. The van der Waals surface area contributed by atoms with Gasteiger partial charge >= 0.3 is 0 Å². The summed E-state index contributed by atoms with van der Waals surface area (Å²) in [6.45, 7) is -0.884. The predicted octanol–water partition coefficient (Wildman–Crippen LogP) is -1.40. The Labute approximate surface area is 178 Å². The van der Waals surface area contributed by atoms with Crippen LogP contribution < -0.4 is 10.5 Å². The zero-order valence-electron chi connectivity index (χ0n) is 16.7. The minimum atomic E-state index is -2.38. The molecule has 2 fully saturated rings. The molecule has 7 atom stereocenters. The first-order chi connectivity index (χ1) is 14.6. The first kappa shape index (κ1) is 21.7. The number of hydrogen-bond acceptors (Lipinski definition) is 8. The summed E-state index contributed by atoms with van der Waals surface area (Å²) in [4.78, 5) is 11.3. The van der Waals surface area contributed by atoms with Gasteiger partial charge in [-0.05, 0) is 35.4 Å². The van der Waals surface area contributed by atoms with E-state index in [0.717, 1.165) is 0 Å². The first-order valence-electron chi connectivity index (χ1n) is 9.76. The molecule has 0 saturated heterocycles. The Hall–Kier alpha value is -2.53. The van der Waals surface area contributed by atoms with Crippen LogP contribution in [0.1, 0.15) is 33.3 Å². The average molecular weight is 431 g/mol. The second-order valence-corrected chi connectivity index (χ2v) is 8.23. The van der Waals surface area contributed by atoms with Crippen molar-refractivity contribution in [2.24, 2.45) is 5.73 Å². The third-order valence-corrected chi connectivity index (χ3v) is 7.00. The number of methoxy groups -OCH3 is 1. The fraction of sp³-hybridized carbons (Fsp3) is 0.409. The lowest BCUT2D eigenvalue weighted by atomic mass is 9.30. The van der Waals surface area contributed by atoms with E-state index in [-0.39, 0.29) is 5.56 Å². The summed E-state index contributed by atoms with van der Waals surface area (Å²) >= 11 is 0. The van der Waals surface area contributed by atoms with Gasteiger partial charge < -0.3 is 41.1 Å². The highest BCUT2D eigenvalue weighted by atomic mass is 16.5. The van der Waals surface area contributed by atoms with Crippen LogP contribution in [0.3, 0.4) is 0 Å². The number of fused-ring (bicyclic) bond motifs is 1. The molecule has 4 rings (SSSR count). The van der Waals surface area contributed by atoms with Gasteiger partial charge in [-0.3, -0.25) is 4.79 Å². The van der Waals surface area contributed by atoms with Crippen LogP contribution in [0.15, 0.2) is 48.5 Å². The molecule has 2 aromatic rings. The van der Waals surface area contributed by atoms with E-state index in [9.17, 15) is 35.4 Å². The van der Waals surface area contributed by atoms with Crippen molar-refractivity contribution in [2.45, 2.75) is 40.8 Å². The molecule has 2 saturated carbocycles. The van der Waals surface area contributed by atoms with Gasteiger partial charge in [0.15, 0.2) is 0 Å². The van der Waals surface area contributed by atoms with Gasteiger partial charge in [-0.1, -0.05) is 24.3 Å². The normalized spacial score (nSPS) is 37.2. The van der Waals surface area contributed by atoms with Crippen molar-refractivity contribution in [3.8, 4) is 5.75 Å². The molecule has 3 unspecified atom stereocenters. The van der Waals surface area contributed by atoms with Crippen LogP contribution in [-0.4, -0.2) is 79.3 Å². The van der Waals surface area contributed by atoms with Crippen LogP contribution in [0, 0.1) is 0 Å². The Balaban J connectivity index is 1.80. The standard InChI is InChI=1S/C22H25NO8/c1-31-14-8-6-12(7-9-14)17-20(28,15(25)10-24)22(30)16(18(26)21(17,22)29)11-2-4-13(5-3-11)19(23)27/h2-9,15-18,24-26,28-30H,10H2,1H3,(H2,23,27)/t15-,16?,17?,18?,20+,21+,22+/m1/s1. The molecule has 2 aromatic carbocycles. The number of hydrogen-bond donors (Lipinski definition) is 7. The second kappa shape index (κ2) is 6.99. The largest absolute Gasteiger partial charge is 0.497 e. The van der Waals surface area contributed by atoms with Gasteiger partial charge in [0.25, 0.3) is 0 Å². The number of aliphatic hydroxyl groups excluding tert-OH is 3. The van der Waals surface area contributed by atoms with Gasteiger partial charge in [0.2, 0.25) is 5.91 Å². The Morgan fingerprint density at radius 2 is 1.61 bits per heavy atom. The third kappa shape index (κ3) is 2.44. The summed E-state index contributed by atoms with van der Waals surface area (Å²) in [5, 5.41) is 65.3. The summed E-state index contributed by atoms with van der Waals surface area (Å²) in [6, 6.07) is 11.9. The van der Waals surface area contributed by atoms with Crippen LogP contribution in [0.25, 0.3) is 0 Å². The van der Waals surface area contributed by atoms with E-state index >= 15 is 0 Å². The second-order valence-electron chi connectivity index (χ2n) is 8.23. The van der Waals surface area contributed by atoms with Crippen LogP contribution >= 0.6 is 0 Å². The Kier molecular flexibility index (Phi) is 4.89. The zero-order valence-corrected chi connectivity index (χ0v) is 16.7. The molecule has 9 heteroatoms. The van der Waals surface area contributed by atoms with Crippen molar-refractivity contribution in [3.63, 3.8) is 0 Å². The summed E-state index contributed by atoms with van der Waals surface area (Å²) in [7, 11) is 1.47. The maximum Gasteiger partial charge on any atom is 0.248 e. The zero-order chi connectivity index (χ0) is 22.8. The summed E-state index contributed by atoms with van der Waals surface area (Å²) in [6.07, 6.45) is -3.32. The van der Waals surface area contributed by atoms with Crippen molar-refractivity contribution in [1.29, 1.82) is 0 Å². The molecule has 0 aliphatic heterocycles. The molecule has 2 aliphatic rings. The minimum Gasteiger partial charge on any atom is -0.497 e. The lowest BCUT2D eigenvalue weighted by Gasteiger charge is -2.80. The highest BCUT2D eigenvalue weighted by Gasteiger charge is 2.93. The Morgan fingerprint density at radius 3 is 2.10 bits per heavy atom. The van der Waals surface area contributed by atoms with E-state index in [1.807, 2.05) is 0 Å². The molecule has 166 valence electrons. The molecule has 9 nitrogen and oxygen atoms in total. The van der Waals surface area contributed by atoms with Crippen molar-refractivity contribution < 1.29 is 40.2 Å². The molecule has 0 bridgehead atoms. The van der Waals surface area contributed by atoms with Crippen LogP contribution in [0.5, 0.6) is 5.75 Å². The van der Waals surface area contributed by atoms with Crippen LogP contribution in [0.4, 0.5) is 0 Å². The molecule has 0 heterocycles. The predicted molar refractivity (Wildman–Crippen MR) is 107 cm³/mol.